The highest BCUT2D eigenvalue weighted by molar-refractivity contribution is 5.42. The predicted octanol–water partition coefficient (Wildman–Crippen LogP) is 3.05. The number of phenolic OH excluding ortho intramolecular Hbond substituents is 1. The van der Waals surface area contributed by atoms with Gasteiger partial charge in [0.25, 0.3) is 0 Å². The lowest BCUT2D eigenvalue weighted by atomic mass is 10.1. The van der Waals surface area contributed by atoms with E-state index in [1.165, 1.54) is 7.11 Å². The number of methoxy groups -OCH3 is 1. The Kier molecular flexibility index (Phi) is 3.48. The van der Waals surface area contributed by atoms with Gasteiger partial charge in [-0.15, -0.1) is 0 Å². The van der Waals surface area contributed by atoms with Crippen molar-refractivity contribution in [2.75, 3.05) is 13.7 Å². The molecule has 0 aliphatic carbocycles. The van der Waals surface area contributed by atoms with Crippen LogP contribution in [0, 0.1) is 0 Å². The Balaban J connectivity index is 1.89. The van der Waals surface area contributed by atoms with Crippen molar-refractivity contribution in [2.45, 2.75) is 12.7 Å². The van der Waals surface area contributed by atoms with Crippen LogP contribution in [-0.4, -0.2) is 18.8 Å². The molecule has 0 radical (unpaired) electrons. The molecule has 1 atom stereocenters. The van der Waals surface area contributed by atoms with Gasteiger partial charge in [0.05, 0.1) is 13.7 Å². The lowest BCUT2D eigenvalue weighted by molar-refractivity contribution is -0.0751. The minimum Gasteiger partial charge on any atom is -0.504 e. The van der Waals surface area contributed by atoms with E-state index >= 15 is 0 Å². The van der Waals surface area contributed by atoms with E-state index in [9.17, 15) is 5.11 Å². The summed E-state index contributed by atoms with van der Waals surface area (Å²) in [6.45, 7) is 0.578. The predicted molar refractivity (Wildman–Crippen MR) is 74.1 cm³/mol. The number of ether oxygens (including phenoxy) is 3. The Morgan fingerprint density at radius 1 is 1.20 bits per heavy atom. The second kappa shape index (κ2) is 5.43. The molecular formula is C16H16O4. The van der Waals surface area contributed by atoms with Gasteiger partial charge in [-0.3, -0.25) is 0 Å². The fourth-order valence-electron chi connectivity index (χ4n) is 2.27. The first-order chi connectivity index (χ1) is 9.78. The van der Waals surface area contributed by atoms with Crippen molar-refractivity contribution < 1.29 is 19.3 Å². The first-order valence-electron chi connectivity index (χ1n) is 6.51. The van der Waals surface area contributed by atoms with E-state index in [-0.39, 0.29) is 5.75 Å². The van der Waals surface area contributed by atoms with Gasteiger partial charge in [0.2, 0.25) is 6.29 Å². The first kappa shape index (κ1) is 12.8. The van der Waals surface area contributed by atoms with Crippen molar-refractivity contribution in [2.24, 2.45) is 0 Å². The van der Waals surface area contributed by atoms with Crippen molar-refractivity contribution in [3.8, 4) is 17.2 Å². The van der Waals surface area contributed by atoms with Crippen LogP contribution in [0.1, 0.15) is 17.4 Å². The van der Waals surface area contributed by atoms with Crippen molar-refractivity contribution in [1.29, 1.82) is 0 Å². The van der Waals surface area contributed by atoms with E-state index in [1.807, 2.05) is 30.3 Å². The van der Waals surface area contributed by atoms with Crippen LogP contribution in [0.3, 0.4) is 0 Å². The Labute approximate surface area is 117 Å². The molecule has 4 heteroatoms. The second-order valence-corrected chi connectivity index (χ2v) is 4.61. The molecule has 1 heterocycles. The number of benzene rings is 2. The van der Waals surface area contributed by atoms with Gasteiger partial charge in [-0.1, -0.05) is 18.2 Å². The SMILES string of the molecule is COc1ccc(C2OCCc3ccccc3O2)cc1O. The molecule has 1 N–H and O–H groups in total. The summed E-state index contributed by atoms with van der Waals surface area (Å²) in [6, 6.07) is 13.0. The zero-order valence-corrected chi connectivity index (χ0v) is 11.2. The van der Waals surface area contributed by atoms with Crippen molar-refractivity contribution in [3.05, 3.63) is 53.6 Å². The molecule has 0 aromatic heterocycles. The van der Waals surface area contributed by atoms with Gasteiger partial charge in [-0.2, -0.15) is 0 Å². The lowest BCUT2D eigenvalue weighted by Gasteiger charge is -2.18. The highest BCUT2D eigenvalue weighted by atomic mass is 16.7. The maximum Gasteiger partial charge on any atom is 0.226 e. The molecule has 0 amide bonds. The van der Waals surface area contributed by atoms with Crippen LogP contribution < -0.4 is 9.47 Å². The molecule has 1 unspecified atom stereocenters. The van der Waals surface area contributed by atoms with Crippen molar-refractivity contribution >= 4 is 0 Å². The maximum absolute atomic E-state index is 9.85. The summed E-state index contributed by atoms with van der Waals surface area (Å²) in [4.78, 5) is 0. The number of aromatic hydroxyl groups is 1. The molecule has 20 heavy (non-hydrogen) atoms. The molecule has 104 valence electrons. The summed E-state index contributed by atoms with van der Waals surface area (Å²) in [5, 5.41) is 9.85. The van der Waals surface area contributed by atoms with Crippen LogP contribution in [-0.2, 0) is 11.2 Å². The van der Waals surface area contributed by atoms with Gasteiger partial charge in [-0.25, -0.2) is 0 Å². The lowest BCUT2D eigenvalue weighted by Crippen LogP contribution is -2.10. The molecule has 0 spiro atoms. The van der Waals surface area contributed by atoms with E-state index in [0.717, 1.165) is 23.3 Å². The summed E-state index contributed by atoms with van der Waals surface area (Å²) in [5.74, 6) is 1.34. The second-order valence-electron chi connectivity index (χ2n) is 4.61. The third kappa shape index (κ3) is 2.42. The Hall–Kier alpha value is -2.20. The Bertz CT molecular complexity index is 609. The standard InChI is InChI=1S/C16H16O4/c1-18-15-7-6-12(10-13(15)17)16-19-9-8-11-4-2-3-5-14(11)20-16/h2-7,10,16-17H,8-9H2,1H3. The van der Waals surface area contributed by atoms with Gasteiger partial charge in [-0.05, 0) is 36.2 Å². The number of fused-ring (bicyclic) bond motifs is 1. The molecule has 1 aliphatic heterocycles. The third-order valence-electron chi connectivity index (χ3n) is 3.32. The number of para-hydroxylation sites is 1. The maximum atomic E-state index is 9.85. The smallest absolute Gasteiger partial charge is 0.226 e. The van der Waals surface area contributed by atoms with Crippen molar-refractivity contribution in [3.63, 3.8) is 0 Å². The molecule has 2 aromatic rings. The number of rotatable bonds is 2. The Morgan fingerprint density at radius 2 is 2.05 bits per heavy atom. The van der Waals surface area contributed by atoms with Crippen LogP contribution in [0.4, 0.5) is 0 Å². The van der Waals surface area contributed by atoms with E-state index in [2.05, 4.69) is 0 Å². The summed E-state index contributed by atoms with van der Waals surface area (Å²) in [5.41, 5.74) is 1.90. The molecule has 0 saturated carbocycles. The minimum atomic E-state index is -0.518. The van der Waals surface area contributed by atoms with E-state index in [4.69, 9.17) is 14.2 Å². The highest BCUT2D eigenvalue weighted by Crippen LogP contribution is 2.34. The number of hydrogen-bond acceptors (Lipinski definition) is 4. The first-order valence-corrected chi connectivity index (χ1v) is 6.51. The zero-order valence-electron chi connectivity index (χ0n) is 11.2. The van der Waals surface area contributed by atoms with Crippen LogP contribution in [0.5, 0.6) is 17.2 Å². The summed E-state index contributed by atoms with van der Waals surface area (Å²) < 4.78 is 16.7. The molecule has 4 nitrogen and oxygen atoms in total. The molecule has 0 bridgehead atoms. The van der Waals surface area contributed by atoms with Gasteiger partial charge in [0.15, 0.2) is 11.5 Å². The fourth-order valence-corrected chi connectivity index (χ4v) is 2.27. The van der Waals surface area contributed by atoms with Gasteiger partial charge in [0.1, 0.15) is 5.75 Å². The van der Waals surface area contributed by atoms with Crippen LogP contribution >= 0.6 is 0 Å². The van der Waals surface area contributed by atoms with Crippen LogP contribution in [0.15, 0.2) is 42.5 Å². The van der Waals surface area contributed by atoms with Crippen LogP contribution in [0.25, 0.3) is 0 Å². The molecule has 3 rings (SSSR count). The fraction of sp³-hybridized carbons (Fsp3) is 0.250. The van der Waals surface area contributed by atoms with E-state index in [0.29, 0.717) is 12.4 Å². The Morgan fingerprint density at radius 3 is 2.85 bits per heavy atom. The normalized spacial score (nSPS) is 17.8. The van der Waals surface area contributed by atoms with E-state index < -0.39 is 6.29 Å². The summed E-state index contributed by atoms with van der Waals surface area (Å²) in [7, 11) is 1.52. The number of hydrogen-bond donors (Lipinski definition) is 1. The molecule has 1 aliphatic rings. The quantitative estimate of drug-likeness (QED) is 0.912. The topological polar surface area (TPSA) is 47.9 Å². The average Bonchev–Trinajstić information content (AvgIpc) is 2.69. The molecule has 0 saturated heterocycles. The van der Waals surface area contributed by atoms with Crippen LogP contribution in [0.2, 0.25) is 0 Å². The number of phenols is 1. The van der Waals surface area contributed by atoms with Gasteiger partial charge in [0, 0.05) is 5.56 Å². The highest BCUT2D eigenvalue weighted by Gasteiger charge is 2.20. The molecule has 2 aromatic carbocycles. The van der Waals surface area contributed by atoms with Crippen molar-refractivity contribution in [1.82, 2.24) is 0 Å². The van der Waals surface area contributed by atoms with Gasteiger partial charge >= 0.3 is 0 Å². The van der Waals surface area contributed by atoms with E-state index in [1.54, 1.807) is 12.1 Å². The molecule has 0 fully saturated rings. The van der Waals surface area contributed by atoms with Gasteiger partial charge < -0.3 is 19.3 Å². The molecular weight excluding hydrogens is 256 g/mol. The minimum absolute atomic E-state index is 0.0785. The monoisotopic (exact) mass is 272 g/mol. The summed E-state index contributed by atoms with van der Waals surface area (Å²) >= 11 is 0. The summed E-state index contributed by atoms with van der Waals surface area (Å²) in [6.07, 6.45) is 0.296. The average molecular weight is 272 g/mol. The zero-order chi connectivity index (χ0) is 13.9. The largest absolute Gasteiger partial charge is 0.504 e. The third-order valence-corrected chi connectivity index (χ3v) is 3.32.